The number of rotatable bonds is 1. The molecule has 15 heavy (non-hydrogen) atoms. The molecule has 0 atom stereocenters. The summed E-state index contributed by atoms with van der Waals surface area (Å²) in [5.74, 6) is 0. The van der Waals surface area contributed by atoms with E-state index >= 15 is 0 Å². The standard InChI is InChI=1S/C11H6Cl2N2/c12-10-2-1-7(3-11(10)13)9-6-15-5-8(9)4-14/h1-3,5-6,15H. The number of aromatic amines is 1. The Balaban J connectivity index is 2.56. The van der Waals surface area contributed by atoms with E-state index < -0.39 is 0 Å². The molecule has 2 aromatic rings. The zero-order chi connectivity index (χ0) is 10.8. The van der Waals surface area contributed by atoms with Crippen molar-refractivity contribution in [3.8, 4) is 17.2 Å². The molecule has 0 fully saturated rings. The van der Waals surface area contributed by atoms with Crippen molar-refractivity contribution >= 4 is 23.2 Å². The van der Waals surface area contributed by atoms with Crippen molar-refractivity contribution in [1.82, 2.24) is 4.98 Å². The minimum absolute atomic E-state index is 0.485. The highest BCUT2D eigenvalue weighted by Gasteiger charge is 2.07. The number of benzene rings is 1. The Bertz CT molecular complexity index is 538. The highest BCUT2D eigenvalue weighted by atomic mass is 35.5. The van der Waals surface area contributed by atoms with Crippen LogP contribution in [-0.4, -0.2) is 4.98 Å². The summed E-state index contributed by atoms with van der Waals surface area (Å²) in [6.45, 7) is 0. The van der Waals surface area contributed by atoms with Crippen LogP contribution in [0, 0.1) is 11.3 Å². The first-order valence-corrected chi connectivity index (χ1v) is 5.00. The smallest absolute Gasteiger partial charge is 0.101 e. The van der Waals surface area contributed by atoms with Crippen LogP contribution in [0.3, 0.4) is 0 Å². The molecule has 0 spiro atoms. The zero-order valence-corrected chi connectivity index (χ0v) is 9.10. The van der Waals surface area contributed by atoms with Gasteiger partial charge in [-0.2, -0.15) is 5.26 Å². The lowest BCUT2D eigenvalue weighted by Gasteiger charge is -2.01. The maximum atomic E-state index is 8.86. The summed E-state index contributed by atoms with van der Waals surface area (Å²) in [5.41, 5.74) is 2.30. The lowest BCUT2D eigenvalue weighted by atomic mass is 10.1. The van der Waals surface area contributed by atoms with E-state index in [2.05, 4.69) is 11.1 Å². The number of nitrogens with one attached hydrogen (secondary N) is 1. The second kappa shape index (κ2) is 3.98. The Labute approximate surface area is 97.1 Å². The van der Waals surface area contributed by atoms with E-state index in [0.717, 1.165) is 11.1 Å². The SMILES string of the molecule is N#Cc1c[nH]cc1-c1ccc(Cl)c(Cl)c1. The molecule has 0 aliphatic carbocycles. The van der Waals surface area contributed by atoms with E-state index in [1.807, 2.05) is 6.07 Å². The Morgan fingerprint density at radius 3 is 2.60 bits per heavy atom. The largest absolute Gasteiger partial charge is 0.366 e. The highest BCUT2D eigenvalue weighted by Crippen LogP contribution is 2.29. The van der Waals surface area contributed by atoms with Gasteiger partial charge >= 0.3 is 0 Å². The van der Waals surface area contributed by atoms with Crippen LogP contribution in [0.4, 0.5) is 0 Å². The van der Waals surface area contributed by atoms with Gasteiger partial charge in [-0.15, -0.1) is 0 Å². The average Bonchev–Trinajstić information content (AvgIpc) is 2.70. The summed E-state index contributed by atoms with van der Waals surface area (Å²) in [5, 5.41) is 9.86. The Kier molecular flexibility index (Phi) is 2.68. The lowest BCUT2D eigenvalue weighted by molar-refractivity contribution is 1.40. The van der Waals surface area contributed by atoms with Gasteiger partial charge in [0, 0.05) is 18.0 Å². The average molecular weight is 237 g/mol. The molecular formula is C11H6Cl2N2. The molecule has 0 saturated carbocycles. The van der Waals surface area contributed by atoms with Crippen molar-refractivity contribution in [3.63, 3.8) is 0 Å². The normalized spacial score (nSPS) is 9.93. The number of nitrogens with zero attached hydrogens (tertiary/aromatic N) is 1. The molecule has 1 heterocycles. The molecule has 2 nitrogen and oxygen atoms in total. The van der Waals surface area contributed by atoms with Crippen LogP contribution < -0.4 is 0 Å². The van der Waals surface area contributed by atoms with Crippen LogP contribution in [0.15, 0.2) is 30.6 Å². The van der Waals surface area contributed by atoms with Crippen LogP contribution in [-0.2, 0) is 0 Å². The molecule has 2 rings (SSSR count). The number of hydrogen-bond donors (Lipinski definition) is 1. The molecule has 0 aliphatic rings. The lowest BCUT2D eigenvalue weighted by Crippen LogP contribution is -1.79. The first-order chi connectivity index (χ1) is 7.22. The number of H-pyrrole nitrogens is 1. The third kappa shape index (κ3) is 1.85. The third-order valence-corrected chi connectivity index (χ3v) is 2.84. The summed E-state index contributed by atoms with van der Waals surface area (Å²) < 4.78 is 0. The third-order valence-electron chi connectivity index (χ3n) is 2.10. The van der Waals surface area contributed by atoms with Crippen molar-refractivity contribution in [3.05, 3.63) is 46.2 Å². The van der Waals surface area contributed by atoms with Gasteiger partial charge in [0.05, 0.1) is 15.6 Å². The molecule has 0 unspecified atom stereocenters. The highest BCUT2D eigenvalue weighted by molar-refractivity contribution is 6.42. The molecule has 0 aliphatic heterocycles. The van der Waals surface area contributed by atoms with Crippen molar-refractivity contribution < 1.29 is 0 Å². The quantitative estimate of drug-likeness (QED) is 0.803. The molecule has 0 radical (unpaired) electrons. The molecular weight excluding hydrogens is 231 g/mol. The van der Waals surface area contributed by atoms with E-state index in [0.29, 0.717) is 15.6 Å². The zero-order valence-electron chi connectivity index (χ0n) is 7.59. The summed E-state index contributed by atoms with van der Waals surface area (Å²) in [7, 11) is 0. The number of nitriles is 1. The van der Waals surface area contributed by atoms with Gasteiger partial charge in [0.25, 0.3) is 0 Å². The van der Waals surface area contributed by atoms with E-state index in [-0.39, 0.29) is 0 Å². The van der Waals surface area contributed by atoms with Crippen molar-refractivity contribution in [2.45, 2.75) is 0 Å². The molecule has 0 amide bonds. The van der Waals surface area contributed by atoms with E-state index in [1.54, 1.807) is 24.5 Å². The van der Waals surface area contributed by atoms with Crippen LogP contribution in [0.1, 0.15) is 5.56 Å². The van der Waals surface area contributed by atoms with Gasteiger partial charge in [-0.1, -0.05) is 29.3 Å². The number of aromatic nitrogens is 1. The molecule has 4 heteroatoms. The first-order valence-electron chi connectivity index (χ1n) is 4.24. The van der Waals surface area contributed by atoms with Crippen molar-refractivity contribution in [2.75, 3.05) is 0 Å². The van der Waals surface area contributed by atoms with E-state index in [9.17, 15) is 0 Å². The van der Waals surface area contributed by atoms with Crippen LogP contribution in [0.2, 0.25) is 10.0 Å². The second-order valence-corrected chi connectivity index (χ2v) is 3.84. The number of hydrogen-bond acceptors (Lipinski definition) is 1. The van der Waals surface area contributed by atoms with Crippen molar-refractivity contribution in [2.24, 2.45) is 0 Å². The van der Waals surface area contributed by atoms with Gasteiger partial charge in [-0.3, -0.25) is 0 Å². The summed E-state index contributed by atoms with van der Waals surface area (Å²) in [4.78, 5) is 2.88. The van der Waals surface area contributed by atoms with Gasteiger partial charge in [0.15, 0.2) is 0 Å². The molecule has 0 bridgehead atoms. The van der Waals surface area contributed by atoms with Crippen LogP contribution in [0.25, 0.3) is 11.1 Å². The van der Waals surface area contributed by atoms with Gasteiger partial charge in [-0.25, -0.2) is 0 Å². The van der Waals surface area contributed by atoms with Crippen LogP contribution >= 0.6 is 23.2 Å². The summed E-state index contributed by atoms with van der Waals surface area (Å²) in [6.07, 6.45) is 3.41. The molecule has 1 aromatic carbocycles. The fourth-order valence-corrected chi connectivity index (χ4v) is 1.66. The maximum absolute atomic E-state index is 8.86. The molecule has 74 valence electrons. The van der Waals surface area contributed by atoms with Gasteiger partial charge in [0.2, 0.25) is 0 Å². The van der Waals surface area contributed by atoms with E-state index in [1.165, 1.54) is 0 Å². The minimum Gasteiger partial charge on any atom is -0.366 e. The fourth-order valence-electron chi connectivity index (χ4n) is 1.36. The maximum Gasteiger partial charge on any atom is 0.101 e. The Hall–Kier alpha value is -1.43. The predicted molar refractivity (Wildman–Crippen MR) is 61.0 cm³/mol. The van der Waals surface area contributed by atoms with E-state index in [4.69, 9.17) is 28.5 Å². The van der Waals surface area contributed by atoms with Gasteiger partial charge in [0.1, 0.15) is 6.07 Å². The second-order valence-electron chi connectivity index (χ2n) is 3.02. The monoisotopic (exact) mass is 236 g/mol. The number of halogens is 2. The van der Waals surface area contributed by atoms with Crippen LogP contribution in [0.5, 0.6) is 0 Å². The minimum atomic E-state index is 0.485. The summed E-state index contributed by atoms with van der Waals surface area (Å²) >= 11 is 11.7. The Morgan fingerprint density at radius 2 is 1.93 bits per heavy atom. The van der Waals surface area contributed by atoms with Gasteiger partial charge < -0.3 is 4.98 Å². The van der Waals surface area contributed by atoms with Crippen molar-refractivity contribution in [1.29, 1.82) is 5.26 Å². The topological polar surface area (TPSA) is 39.6 Å². The molecule has 1 N–H and O–H groups in total. The molecule has 0 saturated heterocycles. The Morgan fingerprint density at radius 1 is 1.13 bits per heavy atom. The summed E-state index contributed by atoms with van der Waals surface area (Å²) in [6, 6.07) is 7.39. The van der Waals surface area contributed by atoms with Gasteiger partial charge in [-0.05, 0) is 17.7 Å². The molecule has 1 aromatic heterocycles. The first kappa shape index (κ1) is 10.1. The predicted octanol–water partition coefficient (Wildman–Crippen LogP) is 3.86. The fraction of sp³-hybridized carbons (Fsp3) is 0.